The molecule has 5 rings (SSSR count). The van der Waals surface area contributed by atoms with E-state index >= 15 is 0 Å². The van der Waals surface area contributed by atoms with Gasteiger partial charge >= 0.3 is 0 Å². The Kier molecular flexibility index (Phi) is 5.70. The molecule has 3 aromatic carbocycles. The molecule has 33 heavy (non-hydrogen) atoms. The fourth-order valence-electron chi connectivity index (χ4n) is 3.90. The zero-order valence-corrected chi connectivity index (χ0v) is 18.7. The smallest absolute Gasteiger partial charge is 0.243 e. The van der Waals surface area contributed by atoms with E-state index in [0.717, 1.165) is 35.2 Å². The molecule has 168 valence electrons. The van der Waals surface area contributed by atoms with E-state index in [1.807, 2.05) is 48.5 Å². The van der Waals surface area contributed by atoms with Crippen LogP contribution in [0, 0.1) is 0 Å². The molecule has 8 heteroatoms. The minimum atomic E-state index is -3.48. The lowest BCUT2D eigenvalue weighted by Crippen LogP contribution is -2.27. The fraction of sp³-hybridized carbons (Fsp3) is 0.200. The Morgan fingerprint density at radius 2 is 1.64 bits per heavy atom. The number of carbonyl (C=O) groups is 1. The van der Waals surface area contributed by atoms with Crippen molar-refractivity contribution in [3.63, 3.8) is 0 Å². The summed E-state index contributed by atoms with van der Waals surface area (Å²) >= 11 is 0. The number of rotatable bonds is 7. The van der Waals surface area contributed by atoms with Crippen LogP contribution in [0.3, 0.4) is 0 Å². The lowest BCUT2D eigenvalue weighted by molar-refractivity contribution is 0.101. The van der Waals surface area contributed by atoms with Crippen molar-refractivity contribution in [2.75, 3.05) is 25.0 Å². The molecular weight excluding hydrogens is 438 g/mol. The Labute approximate surface area is 192 Å². The largest absolute Gasteiger partial charge is 0.436 e. The first-order chi connectivity index (χ1) is 16.0. The number of carbonyl (C=O) groups excluding carboxylic acids is 1. The lowest BCUT2D eigenvalue weighted by atomic mass is 10.1. The van der Waals surface area contributed by atoms with Gasteiger partial charge in [-0.1, -0.05) is 12.1 Å². The Morgan fingerprint density at radius 3 is 2.33 bits per heavy atom. The van der Waals surface area contributed by atoms with Gasteiger partial charge in [-0.3, -0.25) is 4.79 Å². The zero-order valence-electron chi connectivity index (χ0n) is 17.9. The Balaban J connectivity index is 1.22. The summed E-state index contributed by atoms with van der Waals surface area (Å²) in [5.74, 6) is 0.422. The molecule has 1 saturated heterocycles. The van der Waals surface area contributed by atoms with Gasteiger partial charge in [-0.05, 0) is 73.5 Å². The van der Waals surface area contributed by atoms with Crippen molar-refractivity contribution in [2.45, 2.75) is 17.7 Å². The molecule has 1 N–H and O–H groups in total. The Morgan fingerprint density at radius 1 is 0.939 bits per heavy atom. The van der Waals surface area contributed by atoms with Gasteiger partial charge in [-0.25, -0.2) is 13.4 Å². The first-order valence-corrected chi connectivity index (χ1v) is 12.3. The molecule has 0 spiro atoms. The van der Waals surface area contributed by atoms with Crippen molar-refractivity contribution in [1.29, 1.82) is 0 Å². The molecule has 1 fully saturated rings. The first-order valence-electron chi connectivity index (χ1n) is 10.8. The maximum atomic E-state index is 12.6. The number of hydrogen-bond acceptors (Lipinski definition) is 6. The van der Waals surface area contributed by atoms with Gasteiger partial charge in [0, 0.05) is 29.9 Å². The molecule has 0 radical (unpaired) electrons. The predicted molar refractivity (Wildman–Crippen MR) is 127 cm³/mol. The topological polar surface area (TPSA) is 92.5 Å². The summed E-state index contributed by atoms with van der Waals surface area (Å²) in [5, 5.41) is 3.11. The van der Waals surface area contributed by atoms with Crippen LogP contribution in [0.1, 0.15) is 23.2 Å². The minimum Gasteiger partial charge on any atom is -0.436 e. The molecule has 0 bridgehead atoms. The third-order valence-electron chi connectivity index (χ3n) is 5.76. The van der Waals surface area contributed by atoms with Gasteiger partial charge in [0.1, 0.15) is 5.52 Å². The van der Waals surface area contributed by atoms with E-state index in [1.54, 1.807) is 12.1 Å². The second-order valence-electron chi connectivity index (χ2n) is 7.98. The molecule has 0 aliphatic carbocycles. The zero-order chi connectivity index (χ0) is 22.8. The average molecular weight is 462 g/mol. The third kappa shape index (κ3) is 4.40. The Bertz CT molecular complexity index is 1350. The van der Waals surface area contributed by atoms with Crippen molar-refractivity contribution in [1.82, 2.24) is 9.29 Å². The van der Waals surface area contributed by atoms with Gasteiger partial charge in [0.25, 0.3) is 0 Å². The van der Waals surface area contributed by atoms with Gasteiger partial charge in [-0.2, -0.15) is 4.31 Å². The predicted octanol–water partition coefficient (Wildman–Crippen LogP) is 4.57. The van der Waals surface area contributed by atoms with Crippen molar-refractivity contribution in [2.24, 2.45) is 0 Å². The molecule has 0 atom stereocenters. The van der Waals surface area contributed by atoms with E-state index in [0.29, 0.717) is 24.5 Å². The van der Waals surface area contributed by atoms with E-state index < -0.39 is 10.0 Å². The molecule has 1 aliphatic heterocycles. The van der Waals surface area contributed by atoms with Crippen molar-refractivity contribution in [3.05, 3.63) is 78.4 Å². The van der Waals surface area contributed by atoms with Gasteiger partial charge in [0.2, 0.25) is 15.9 Å². The minimum absolute atomic E-state index is 0.0977. The molecule has 1 aliphatic rings. The maximum Gasteiger partial charge on any atom is 0.243 e. The number of oxazole rings is 1. The van der Waals surface area contributed by atoms with Crippen molar-refractivity contribution in [3.8, 4) is 11.5 Å². The van der Waals surface area contributed by atoms with Crippen LogP contribution in [0.2, 0.25) is 0 Å². The number of Topliss-reactive ketones (excluding diaryl/α,β-unsaturated/α-hetero) is 1. The maximum absolute atomic E-state index is 12.6. The van der Waals surface area contributed by atoms with Crippen LogP contribution in [-0.2, 0) is 10.0 Å². The normalized spacial score (nSPS) is 14.5. The summed E-state index contributed by atoms with van der Waals surface area (Å²) < 4.78 is 32.5. The van der Waals surface area contributed by atoms with Crippen LogP contribution in [-0.4, -0.2) is 43.1 Å². The van der Waals surface area contributed by atoms with Gasteiger partial charge in [0.05, 0.1) is 11.4 Å². The molecule has 4 aromatic rings. The van der Waals surface area contributed by atoms with Crippen LogP contribution in [0.25, 0.3) is 22.6 Å². The quantitative estimate of drug-likeness (QED) is 0.405. The third-order valence-corrected chi connectivity index (χ3v) is 7.67. The van der Waals surface area contributed by atoms with Crippen LogP contribution in [0.5, 0.6) is 0 Å². The standard InChI is InChI=1S/C25H23N3O4S/c29-23(18-9-13-21(14-10-18)33(30,31)28-15-3-4-16-28)17-26-20-11-7-19(8-12-20)25-27-22-5-1-2-6-24(22)32-25/h1-2,5-14,26H,3-4,15-17H2. The highest BCUT2D eigenvalue weighted by Gasteiger charge is 2.27. The molecular formula is C25H23N3O4S. The van der Waals surface area contributed by atoms with Crippen molar-refractivity contribution < 1.29 is 17.6 Å². The summed E-state index contributed by atoms with van der Waals surface area (Å²) in [6.45, 7) is 1.21. The Hall–Kier alpha value is -3.49. The number of aromatic nitrogens is 1. The van der Waals surface area contributed by atoms with Crippen LogP contribution < -0.4 is 5.32 Å². The van der Waals surface area contributed by atoms with Gasteiger partial charge in [-0.15, -0.1) is 0 Å². The van der Waals surface area contributed by atoms with E-state index in [1.165, 1.54) is 16.4 Å². The van der Waals surface area contributed by atoms with Crippen LogP contribution >= 0.6 is 0 Å². The van der Waals surface area contributed by atoms with E-state index in [2.05, 4.69) is 10.3 Å². The van der Waals surface area contributed by atoms with Gasteiger partial charge in [0.15, 0.2) is 11.4 Å². The van der Waals surface area contributed by atoms with E-state index in [-0.39, 0.29) is 17.2 Å². The molecule has 7 nitrogen and oxygen atoms in total. The first kappa shape index (κ1) is 21.4. The van der Waals surface area contributed by atoms with Crippen LogP contribution in [0.15, 0.2) is 82.1 Å². The van der Waals surface area contributed by atoms with Crippen LogP contribution in [0.4, 0.5) is 5.69 Å². The molecule has 0 amide bonds. The number of benzene rings is 3. The SMILES string of the molecule is O=C(CNc1ccc(-c2nc3ccccc3o2)cc1)c1ccc(S(=O)(=O)N2CCCC2)cc1. The second-order valence-corrected chi connectivity index (χ2v) is 9.91. The number of fused-ring (bicyclic) bond motifs is 1. The van der Waals surface area contributed by atoms with E-state index in [9.17, 15) is 13.2 Å². The lowest BCUT2D eigenvalue weighted by Gasteiger charge is -2.15. The number of nitrogens with zero attached hydrogens (tertiary/aromatic N) is 2. The highest BCUT2D eigenvalue weighted by Crippen LogP contribution is 2.25. The summed E-state index contributed by atoms with van der Waals surface area (Å²) in [5.41, 5.74) is 3.64. The average Bonchev–Trinajstić information content (AvgIpc) is 3.54. The second kappa shape index (κ2) is 8.80. The summed E-state index contributed by atoms with van der Waals surface area (Å²) in [6.07, 6.45) is 1.77. The summed E-state index contributed by atoms with van der Waals surface area (Å²) in [6, 6.07) is 21.3. The fourth-order valence-corrected chi connectivity index (χ4v) is 5.42. The molecule has 0 saturated carbocycles. The number of anilines is 1. The number of ketones is 1. The number of sulfonamides is 1. The highest BCUT2D eigenvalue weighted by molar-refractivity contribution is 7.89. The molecule has 2 heterocycles. The number of hydrogen-bond donors (Lipinski definition) is 1. The number of para-hydroxylation sites is 2. The summed E-state index contributed by atoms with van der Waals surface area (Å²) in [7, 11) is -3.48. The van der Waals surface area contributed by atoms with Gasteiger partial charge < -0.3 is 9.73 Å². The van der Waals surface area contributed by atoms with E-state index in [4.69, 9.17) is 4.42 Å². The highest BCUT2D eigenvalue weighted by atomic mass is 32.2. The number of nitrogens with one attached hydrogen (secondary N) is 1. The van der Waals surface area contributed by atoms with Crippen molar-refractivity contribution >= 4 is 32.6 Å². The monoisotopic (exact) mass is 461 g/mol. The summed E-state index contributed by atoms with van der Waals surface area (Å²) in [4.78, 5) is 17.3. The molecule has 0 unspecified atom stereocenters. The molecule has 1 aromatic heterocycles.